The third-order valence-electron chi connectivity index (χ3n) is 5.97. The minimum absolute atomic E-state index is 0.114. The van der Waals surface area contributed by atoms with Gasteiger partial charge in [0.1, 0.15) is 6.10 Å². The molecular formula is C19H30N4O3S. The molecule has 3 rings (SSSR count). The van der Waals surface area contributed by atoms with Gasteiger partial charge in [0, 0.05) is 50.9 Å². The van der Waals surface area contributed by atoms with Crippen molar-refractivity contribution in [3.05, 3.63) is 18.2 Å². The maximum Gasteiger partial charge on any atom is 0.251 e. The standard InChI is InChI=1S/C19H30N4O3S/c1-27-11-4-16(24)18(26)22-9-6-19(7-10-22)5-2-17(25)23(13-19)8-3-15-12-20-14-21-15/h12,14,16,24H,2-11,13H2,1H3,(H,20,21)/t16-/m1/s1. The molecule has 3 heterocycles. The number of carbonyl (C=O) groups is 2. The first-order valence-electron chi connectivity index (χ1n) is 9.74. The number of amides is 2. The number of likely N-dealkylation sites (tertiary alicyclic amines) is 2. The number of rotatable bonds is 7. The minimum atomic E-state index is -0.884. The molecule has 1 atom stereocenters. The van der Waals surface area contributed by atoms with Gasteiger partial charge in [0.25, 0.3) is 5.91 Å². The molecule has 8 heteroatoms. The quantitative estimate of drug-likeness (QED) is 0.728. The Morgan fingerprint density at radius 3 is 2.85 bits per heavy atom. The lowest BCUT2D eigenvalue weighted by atomic mass is 9.72. The second-order valence-electron chi connectivity index (χ2n) is 7.76. The van der Waals surface area contributed by atoms with Crippen LogP contribution in [0.5, 0.6) is 0 Å². The Morgan fingerprint density at radius 1 is 1.41 bits per heavy atom. The molecule has 7 nitrogen and oxygen atoms in total. The summed E-state index contributed by atoms with van der Waals surface area (Å²) in [5.41, 5.74) is 1.16. The van der Waals surface area contributed by atoms with E-state index in [1.165, 1.54) is 0 Å². The van der Waals surface area contributed by atoms with Gasteiger partial charge in [-0.2, -0.15) is 11.8 Å². The Kier molecular flexibility index (Phi) is 6.81. The highest BCUT2D eigenvalue weighted by atomic mass is 32.2. The average molecular weight is 395 g/mol. The second-order valence-corrected chi connectivity index (χ2v) is 8.75. The lowest BCUT2D eigenvalue weighted by Gasteiger charge is -2.47. The Balaban J connectivity index is 1.52. The zero-order chi connectivity index (χ0) is 19.3. The fourth-order valence-electron chi connectivity index (χ4n) is 4.16. The van der Waals surface area contributed by atoms with E-state index in [1.807, 2.05) is 16.1 Å². The zero-order valence-electron chi connectivity index (χ0n) is 16.0. The van der Waals surface area contributed by atoms with Gasteiger partial charge in [-0.15, -0.1) is 0 Å². The van der Waals surface area contributed by atoms with Crippen molar-refractivity contribution in [2.75, 3.05) is 38.2 Å². The third kappa shape index (κ3) is 5.04. The number of aromatic amines is 1. The number of aliphatic hydroxyl groups is 1. The molecule has 2 saturated heterocycles. The van der Waals surface area contributed by atoms with Crippen LogP contribution in [-0.4, -0.2) is 81.0 Å². The first kappa shape index (κ1) is 20.2. The molecule has 0 unspecified atom stereocenters. The number of piperidine rings is 2. The molecule has 2 amide bonds. The van der Waals surface area contributed by atoms with Gasteiger partial charge >= 0.3 is 0 Å². The minimum Gasteiger partial charge on any atom is -0.383 e. The van der Waals surface area contributed by atoms with E-state index >= 15 is 0 Å². The van der Waals surface area contributed by atoms with Crippen LogP contribution in [0, 0.1) is 5.41 Å². The summed E-state index contributed by atoms with van der Waals surface area (Å²) in [6.45, 7) is 2.84. The molecule has 2 N–H and O–H groups in total. The third-order valence-corrected chi connectivity index (χ3v) is 6.61. The molecular weight excluding hydrogens is 364 g/mol. The van der Waals surface area contributed by atoms with Gasteiger partial charge in [0.2, 0.25) is 5.91 Å². The Morgan fingerprint density at radius 2 is 2.19 bits per heavy atom. The van der Waals surface area contributed by atoms with Crippen molar-refractivity contribution in [1.29, 1.82) is 0 Å². The smallest absolute Gasteiger partial charge is 0.251 e. The first-order chi connectivity index (χ1) is 13.0. The number of carbonyl (C=O) groups excluding carboxylic acids is 2. The van der Waals surface area contributed by atoms with Crippen molar-refractivity contribution >= 4 is 23.6 Å². The molecule has 0 radical (unpaired) electrons. The van der Waals surface area contributed by atoms with Gasteiger partial charge < -0.3 is 19.9 Å². The fourth-order valence-corrected chi connectivity index (χ4v) is 4.62. The van der Waals surface area contributed by atoms with E-state index in [9.17, 15) is 14.7 Å². The van der Waals surface area contributed by atoms with E-state index in [-0.39, 0.29) is 17.2 Å². The zero-order valence-corrected chi connectivity index (χ0v) is 16.8. The first-order valence-corrected chi connectivity index (χ1v) is 11.1. The lowest BCUT2D eigenvalue weighted by molar-refractivity contribution is -0.146. The average Bonchev–Trinajstić information content (AvgIpc) is 3.21. The van der Waals surface area contributed by atoms with Gasteiger partial charge in [-0.05, 0) is 43.1 Å². The summed E-state index contributed by atoms with van der Waals surface area (Å²) < 4.78 is 0. The predicted molar refractivity (Wildman–Crippen MR) is 105 cm³/mol. The molecule has 2 aliphatic rings. The molecule has 1 aromatic rings. The molecule has 1 aromatic heterocycles. The molecule has 0 saturated carbocycles. The summed E-state index contributed by atoms with van der Waals surface area (Å²) in [5, 5.41) is 10.1. The summed E-state index contributed by atoms with van der Waals surface area (Å²) >= 11 is 1.64. The van der Waals surface area contributed by atoms with E-state index in [0.29, 0.717) is 32.5 Å². The van der Waals surface area contributed by atoms with E-state index in [2.05, 4.69) is 9.97 Å². The van der Waals surface area contributed by atoms with Gasteiger partial charge in [0.05, 0.1) is 6.33 Å². The molecule has 0 bridgehead atoms. The number of imidazole rings is 1. The number of nitrogens with zero attached hydrogens (tertiary/aromatic N) is 3. The van der Waals surface area contributed by atoms with Crippen molar-refractivity contribution in [1.82, 2.24) is 19.8 Å². The number of H-pyrrole nitrogens is 1. The lowest BCUT2D eigenvalue weighted by Crippen LogP contribution is -2.53. The SMILES string of the molecule is CSCC[C@@H](O)C(=O)N1CCC2(CCC(=O)N(CCc3cnc[nH]3)C2)CC1. The van der Waals surface area contributed by atoms with Crippen LogP contribution >= 0.6 is 11.8 Å². The van der Waals surface area contributed by atoms with Crippen LogP contribution in [-0.2, 0) is 16.0 Å². The largest absolute Gasteiger partial charge is 0.383 e. The summed E-state index contributed by atoms with van der Waals surface area (Å²) in [5.74, 6) is 0.881. The van der Waals surface area contributed by atoms with Crippen molar-refractivity contribution in [3.8, 4) is 0 Å². The van der Waals surface area contributed by atoms with E-state index in [4.69, 9.17) is 0 Å². The summed E-state index contributed by atoms with van der Waals surface area (Å²) in [6.07, 6.45) is 9.16. The topological polar surface area (TPSA) is 89.5 Å². The number of hydrogen-bond donors (Lipinski definition) is 2. The van der Waals surface area contributed by atoms with E-state index in [0.717, 1.165) is 43.7 Å². The van der Waals surface area contributed by atoms with Gasteiger partial charge in [-0.25, -0.2) is 4.98 Å². The van der Waals surface area contributed by atoms with Crippen LogP contribution in [0.15, 0.2) is 12.5 Å². The highest BCUT2D eigenvalue weighted by molar-refractivity contribution is 7.98. The van der Waals surface area contributed by atoms with Crippen LogP contribution in [0.25, 0.3) is 0 Å². The van der Waals surface area contributed by atoms with Crippen molar-refractivity contribution < 1.29 is 14.7 Å². The number of aromatic nitrogens is 2. The van der Waals surface area contributed by atoms with E-state index < -0.39 is 6.10 Å². The van der Waals surface area contributed by atoms with Crippen molar-refractivity contribution in [2.45, 2.75) is 44.6 Å². The molecule has 0 aliphatic carbocycles. The molecule has 2 aliphatic heterocycles. The van der Waals surface area contributed by atoms with Gasteiger partial charge in [-0.3, -0.25) is 9.59 Å². The predicted octanol–water partition coefficient (Wildman–Crippen LogP) is 1.30. The van der Waals surface area contributed by atoms with Crippen LogP contribution in [0.3, 0.4) is 0 Å². The van der Waals surface area contributed by atoms with Gasteiger partial charge in [0.15, 0.2) is 0 Å². The van der Waals surface area contributed by atoms with E-state index in [1.54, 1.807) is 24.3 Å². The Bertz CT molecular complexity index is 629. The van der Waals surface area contributed by atoms with Crippen LogP contribution in [0.1, 0.15) is 37.8 Å². The molecule has 0 aromatic carbocycles. The highest BCUT2D eigenvalue weighted by Crippen LogP contribution is 2.40. The number of hydrogen-bond acceptors (Lipinski definition) is 5. The molecule has 27 heavy (non-hydrogen) atoms. The molecule has 150 valence electrons. The van der Waals surface area contributed by atoms with Crippen molar-refractivity contribution in [2.24, 2.45) is 5.41 Å². The highest BCUT2D eigenvalue weighted by Gasteiger charge is 2.42. The second kappa shape index (κ2) is 9.10. The Labute approximate surface area is 164 Å². The Hall–Kier alpha value is -1.54. The maximum atomic E-state index is 12.4. The number of thioether (sulfide) groups is 1. The molecule has 1 spiro atoms. The van der Waals surface area contributed by atoms with Crippen LogP contribution in [0.4, 0.5) is 0 Å². The number of aliphatic hydroxyl groups excluding tert-OH is 1. The van der Waals surface area contributed by atoms with Crippen molar-refractivity contribution in [3.63, 3.8) is 0 Å². The summed E-state index contributed by atoms with van der Waals surface area (Å²) in [6, 6.07) is 0. The summed E-state index contributed by atoms with van der Waals surface area (Å²) in [7, 11) is 0. The fraction of sp³-hybridized carbons (Fsp3) is 0.737. The maximum absolute atomic E-state index is 12.4. The molecule has 2 fully saturated rings. The monoisotopic (exact) mass is 394 g/mol. The number of nitrogens with one attached hydrogen (secondary N) is 1. The van der Waals surface area contributed by atoms with Gasteiger partial charge in [-0.1, -0.05) is 0 Å². The van der Waals surface area contributed by atoms with Crippen LogP contribution < -0.4 is 0 Å². The normalized spacial score (nSPS) is 20.9. The van der Waals surface area contributed by atoms with Crippen LogP contribution in [0.2, 0.25) is 0 Å². The summed E-state index contributed by atoms with van der Waals surface area (Å²) in [4.78, 5) is 35.7.